The van der Waals surface area contributed by atoms with Gasteiger partial charge in [0.05, 0.1) is 18.2 Å². The lowest BCUT2D eigenvalue weighted by Crippen LogP contribution is -2.37. The lowest BCUT2D eigenvalue weighted by atomic mass is 10.1. The molecule has 1 aliphatic rings. The van der Waals surface area contributed by atoms with Gasteiger partial charge in [-0.15, -0.1) is 0 Å². The molecule has 0 unspecified atom stereocenters. The summed E-state index contributed by atoms with van der Waals surface area (Å²) < 4.78 is 33.7. The van der Waals surface area contributed by atoms with Gasteiger partial charge in [-0.25, -0.2) is 8.78 Å². The van der Waals surface area contributed by atoms with Crippen LogP contribution in [0.1, 0.15) is 39.4 Å². The molecule has 2 aromatic heterocycles. The topological polar surface area (TPSA) is 112 Å². The smallest absolute Gasteiger partial charge is 0.274 e. The Hall–Kier alpha value is -3.40. The van der Waals surface area contributed by atoms with Crippen LogP contribution in [-0.4, -0.2) is 45.2 Å². The maximum atomic E-state index is 13.4. The van der Waals surface area contributed by atoms with Gasteiger partial charge in [-0.1, -0.05) is 18.2 Å². The zero-order chi connectivity index (χ0) is 22.2. The van der Waals surface area contributed by atoms with Gasteiger partial charge in [-0.2, -0.15) is 5.10 Å². The molecule has 1 atom stereocenters. The molecule has 31 heavy (non-hydrogen) atoms. The fourth-order valence-electron chi connectivity index (χ4n) is 3.60. The van der Waals surface area contributed by atoms with Gasteiger partial charge in [0.1, 0.15) is 18.0 Å². The van der Waals surface area contributed by atoms with Crippen LogP contribution in [0.3, 0.4) is 0 Å². The number of anilines is 1. The molecule has 1 saturated heterocycles. The van der Waals surface area contributed by atoms with Gasteiger partial charge in [0, 0.05) is 23.7 Å². The van der Waals surface area contributed by atoms with Crippen LogP contribution in [0.25, 0.3) is 10.9 Å². The third kappa shape index (κ3) is 4.38. The number of amides is 2. The van der Waals surface area contributed by atoms with Crippen LogP contribution in [0.2, 0.25) is 0 Å². The van der Waals surface area contributed by atoms with Crippen LogP contribution in [0.5, 0.6) is 0 Å². The van der Waals surface area contributed by atoms with Gasteiger partial charge in [-0.05, 0) is 31.0 Å². The summed E-state index contributed by atoms with van der Waals surface area (Å²) in [5, 5.41) is 7.91. The first-order chi connectivity index (χ1) is 14.7. The van der Waals surface area contributed by atoms with Crippen molar-refractivity contribution in [3.8, 4) is 0 Å². The number of carbonyl (C=O) groups is 2. The minimum absolute atomic E-state index is 0.0172. The number of primary amides is 1. The van der Waals surface area contributed by atoms with Crippen LogP contribution in [0.15, 0.2) is 36.5 Å². The number of alkyl halides is 2. The molecule has 4 rings (SSSR count). The fraction of sp³-hybridized carbons (Fsp3) is 0.333. The number of rotatable bonds is 5. The summed E-state index contributed by atoms with van der Waals surface area (Å²) in [4.78, 5) is 28.4. The number of halogens is 2. The van der Waals surface area contributed by atoms with Crippen molar-refractivity contribution in [1.29, 1.82) is 0 Å². The van der Waals surface area contributed by atoms with Gasteiger partial charge >= 0.3 is 0 Å². The first-order valence-corrected chi connectivity index (χ1v) is 9.76. The molecular formula is C21H21F2N5O3. The zero-order valence-corrected chi connectivity index (χ0v) is 16.8. The van der Waals surface area contributed by atoms with Gasteiger partial charge in [-0.3, -0.25) is 19.3 Å². The molecule has 1 aromatic carbocycles. The van der Waals surface area contributed by atoms with E-state index in [4.69, 9.17) is 10.5 Å². The largest absolute Gasteiger partial charge is 0.370 e. The molecule has 0 spiro atoms. The Kier molecular flexibility index (Phi) is 5.40. The number of ether oxygens (including phenoxy) is 1. The number of nitrogens with one attached hydrogen (secondary N) is 1. The molecule has 3 N–H and O–H groups in total. The lowest BCUT2D eigenvalue weighted by molar-refractivity contribution is -0.147. The number of nitrogens with zero attached hydrogens (tertiary/aromatic N) is 3. The second-order valence-electron chi connectivity index (χ2n) is 7.58. The molecular weight excluding hydrogens is 408 g/mol. The SMILES string of the molecule is Cc1cccc2c(C(=O)Nc3ccnc(C(N)=O)c3)n(C[C@@H]3CCC(F)(F)CO3)nc12. The standard InChI is InChI=1S/C21H21F2N5O3/c1-12-3-2-4-15-17(12)27-28(10-14-5-7-21(22,23)11-31-14)18(15)20(30)26-13-6-8-25-16(9-13)19(24)29/h2-4,6,8-9,14H,5,7,10-11H2,1H3,(H2,24,29)(H,25,26,30)/t14-/m0/s1. The van der Waals surface area contributed by atoms with Crippen molar-refractivity contribution in [1.82, 2.24) is 14.8 Å². The predicted octanol–water partition coefficient (Wildman–Crippen LogP) is 2.91. The molecule has 3 aromatic rings. The summed E-state index contributed by atoms with van der Waals surface area (Å²) in [6.45, 7) is 1.39. The molecule has 0 saturated carbocycles. The van der Waals surface area contributed by atoms with E-state index in [2.05, 4.69) is 15.4 Å². The molecule has 1 aliphatic heterocycles. The summed E-state index contributed by atoms with van der Waals surface area (Å²) in [5.74, 6) is -4.01. The fourth-order valence-corrected chi connectivity index (χ4v) is 3.60. The average molecular weight is 429 g/mol. The zero-order valence-electron chi connectivity index (χ0n) is 16.8. The van der Waals surface area contributed by atoms with E-state index in [-0.39, 0.29) is 30.8 Å². The Labute approximate surface area is 176 Å². The van der Waals surface area contributed by atoms with E-state index in [1.165, 1.54) is 23.0 Å². The van der Waals surface area contributed by atoms with Crippen LogP contribution < -0.4 is 11.1 Å². The van der Waals surface area contributed by atoms with E-state index >= 15 is 0 Å². The van der Waals surface area contributed by atoms with Gasteiger partial charge < -0.3 is 15.8 Å². The number of aromatic nitrogens is 3. The number of hydrogen-bond donors (Lipinski definition) is 2. The molecule has 0 aliphatic carbocycles. The van der Waals surface area contributed by atoms with Crippen LogP contribution >= 0.6 is 0 Å². The highest BCUT2D eigenvalue weighted by atomic mass is 19.3. The van der Waals surface area contributed by atoms with Crippen molar-refractivity contribution in [3.05, 3.63) is 53.5 Å². The summed E-state index contributed by atoms with van der Waals surface area (Å²) in [5.41, 5.74) is 7.40. The highest BCUT2D eigenvalue weighted by Crippen LogP contribution is 2.30. The minimum Gasteiger partial charge on any atom is -0.370 e. The highest BCUT2D eigenvalue weighted by molar-refractivity contribution is 6.12. The van der Waals surface area contributed by atoms with Gasteiger partial charge in [0.15, 0.2) is 0 Å². The number of fused-ring (bicyclic) bond motifs is 1. The summed E-state index contributed by atoms with van der Waals surface area (Å²) in [6, 6.07) is 8.38. The van der Waals surface area contributed by atoms with Crippen molar-refractivity contribution >= 4 is 28.4 Å². The maximum Gasteiger partial charge on any atom is 0.274 e. The van der Waals surface area contributed by atoms with Gasteiger partial charge in [0.25, 0.3) is 17.7 Å². The summed E-state index contributed by atoms with van der Waals surface area (Å²) in [6.07, 6.45) is 0.774. The van der Waals surface area contributed by atoms with Crippen molar-refractivity contribution in [2.24, 2.45) is 5.73 Å². The normalized spacial score (nSPS) is 18.1. The first kappa shape index (κ1) is 20.9. The highest BCUT2D eigenvalue weighted by Gasteiger charge is 2.36. The number of nitrogens with two attached hydrogens (primary N) is 1. The Morgan fingerprint density at radius 3 is 2.87 bits per heavy atom. The number of hydrogen-bond acceptors (Lipinski definition) is 5. The van der Waals surface area contributed by atoms with Crippen molar-refractivity contribution in [3.63, 3.8) is 0 Å². The van der Waals surface area contributed by atoms with Crippen molar-refractivity contribution in [2.45, 2.75) is 38.3 Å². The Morgan fingerprint density at radius 2 is 2.16 bits per heavy atom. The molecule has 0 bridgehead atoms. The second kappa shape index (κ2) is 8.03. The van der Waals surface area contributed by atoms with E-state index < -0.39 is 30.4 Å². The summed E-state index contributed by atoms with van der Waals surface area (Å²) in [7, 11) is 0. The van der Waals surface area contributed by atoms with Crippen LogP contribution in [-0.2, 0) is 11.3 Å². The quantitative estimate of drug-likeness (QED) is 0.648. The lowest BCUT2D eigenvalue weighted by Gasteiger charge is -2.28. The third-order valence-electron chi connectivity index (χ3n) is 5.20. The molecule has 162 valence electrons. The Morgan fingerprint density at radius 1 is 1.35 bits per heavy atom. The van der Waals surface area contributed by atoms with Crippen LogP contribution in [0.4, 0.5) is 14.5 Å². The maximum absolute atomic E-state index is 13.4. The molecule has 8 nitrogen and oxygen atoms in total. The third-order valence-corrected chi connectivity index (χ3v) is 5.20. The number of carbonyl (C=O) groups excluding carboxylic acids is 2. The van der Waals surface area contributed by atoms with Gasteiger partial charge in [0.2, 0.25) is 0 Å². The number of pyridine rings is 1. The Bertz CT molecular complexity index is 1150. The molecule has 2 amide bonds. The van der Waals surface area contributed by atoms with Crippen molar-refractivity contribution < 1.29 is 23.1 Å². The number of aryl methyl sites for hydroxylation is 1. The monoisotopic (exact) mass is 429 g/mol. The van der Waals surface area contributed by atoms with E-state index in [0.717, 1.165) is 5.56 Å². The second-order valence-corrected chi connectivity index (χ2v) is 7.58. The summed E-state index contributed by atoms with van der Waals surface area (Å²) >= 11 is 0. The van der Waals surface area contributed by atoms with Crippen LogP contribution in [0, 0.1) is 6.92 Å². The minimum atomic E-state index is -2.83. The van der Waals surface area contributed by atoms with E-state index in [1.54, 1.807) is 6.07 Å². The van der Waals surface area contributed by atoms with E-state index in [1.807, 2.05) is 19.1 Å². The average Bonchev–Trinajstić information content (AvgIpc) is 3.09. The molecule has 10 heteroatoms. The Balaban J connectivity index is 1.66. The first-order valence-electron chi connectivity index (χ1n) is 9.76. The molecule has 1 fully saturated rings. The van der Waals surface area contributed by atoms with E-state index in [9.17, 15) is 18.4 Å². The van der Waals surface area contributed by atoms with Crippen molar-refractivity contribution in [2.75, 3.05) is 11.9 Å². The predicted molar refractivity (Wildman–Crippen MR) is 109 cm³/mol. The molecule has 0 radical (unpaired) electrons. The number of benzene rings is 1. The van der Waals surface area contributed by atoms with E-state index in [0.29, 0.717) is 16.6 Å². The molecule has 3 heterocycles.